The molecule has 0 spiro atoms. The molecule has 3 aromatic rings. The second kappa shape index (κ2) is 8.97. The van der Waals surface area contributed by atoms with Gasteiger partial charge in [0.05, 0.1) is 16.4 Å². The number of aromatic nitrogens is 2. The third kappa shape index (κ3) is 4.46. The second-order valence-electron chi connectivity index (χ2n) is 8.54. The summed E-state index contributed by atoms with van der Waals surface area (Å²) in [5.41, 5.74) is 7.40. The lowest BCUT2D eigenvalue weighted by atomic mass is 9.85. The van der Waals surface area contributed by atoms with E-state index in [9.17, 15) is 4.79 Å². The van der Waals surface area contributed by atoms with E-state index in [2.05, 4.69) is 68.9 Å². The fourth-order valence-electron chi connectivity index (χ4n) is 4.59. The van der Waals surface area contributed by atoms with Gasteiger partial charge in [-0.25, -0.2) is 0 Å². The van der Waals surface area contributed by atoms with Crippen molar-refractivity contribution in [2.75, 3.05) is 13.1 Å². The summed E-state index contributed by atoms with van der Waals surface area (Å²) < 4.78 is 2.80. The van der Waals surface area contributed by atoms with Gasteiger partial charge in [-0.1, -0.05) is 29.8 Å². The minimum atomic E-state index is -0.0115. The van der Waals surface area contributed by atoms with Crippen LogP contribution in [0.1, 0.15) is 45.0 Å². The van der Waals surface area contributed by atoms with Gasteiger partial charge < -0.3 is 10.6 Å². The normalized spacial score (nSPS) is 18.7. The highest BCUT2D eigenvalue weighted by Crippen LogP contribution is 2.32. The molecule has 2 aromatic carbocycles. The SMILES string of the molecule is Cc1cccc([C@H]2CCNC[C@@H]2NC(=O)c2cc(C)c(-c3c(Br)cnn3C)cc2C)c1. The van der Waals surface area contributed by atoms with Crippen LogP contribution in [0.15, 0.2) is 47.1 Å². The van der Waals surface area contributed by atoms with Crippen LogP contribution in [-0.4, -0.2) is 34.8 Å². The van der Waals surface area contributed by atoms with Crippen LogP contribution in [0.4, 0.5) is 0 Å². The molecular weight excluding hydrogens is 452 g/mol. The van der Waals surface area contributed by atoms with E-state index in [1.165, 1.54) is 11.1 Å². The van der Waals surface area contributed by atoms with Crippen LogP contribution in [0, 0.1) is 20.8 Å². The molecule has 2 heterocycles. The van der Waals surface area contributed by atoms with Gasteiger partial charge in [0.1, 0.15) is 0 Å². The first-order valence-corrected chi connectivity index (χ1v) is 11.5. The number of aryl methyl sites for hydroxylation is 4. The van der Waals surface area contributed by atoms with E-state index in [1.807, 2.05) is 31.6 Å². The number of piperidine rings is 1. The fraction of sp³-hybridized carbons (Fsp3) is 0.360. The number of hydrogen-bond acceptors (Lipinski definition) is 3. The smallest absolute Gasteiger partial charge is 0.251 e. The minimum Gasteiger partial charge on any atom is -0.347 e. The van der Waals surface area contributed by atoms with E-state index in [-0.39, 0.29) is 11.9 Å². The highest BCUT2D eigenvalue weighted by molar-refractivity contribution is 9.10. The van der Waals surface area contributed by atoms with Crippen LogP contribution < -0.4 is 10.6 Å². The first-order chi connectivity index (χ1) is 14.8. The van der Waals surface area contributed by atoms with Crippen LogP contribution in [-0.2, 0) is 7.05 Å². The highest BCUT2D eigenvalue weighted by Gasteiger charge is 2.28. The maximum Gasteiger partial charge on any atom is 0.251 e. The second-order valence-corrected chi connectivity index (χ2v) is 9.39. The predicted molar refractivity (Wildman–Crippen MR) is 128 cm³/mol. The van der Waals surface area contributed by atoms with Gasteiger partial charge in [-0.05, 0) is 78.5 Å². The number of hydrogen-bond donors (Lipinski definition) is 2. The lowest BCUT2D eigenvalue weighted by Gasteiger charge is -2.33. The molecule has 1 saturated heterocycles. The Morgan fingerprint density at radius 2 is 2.00 bits per heavy atom. The summed E-state index contributed by atoms with van der Waals surface area (Å²) in [5, 5.41) is 11.1. The summed E-state index contributed by atoms with van der Waals surface area (Å²) in [5.74, 6) is 0.304. The first-order valence-electron chi connectivity index (χ1n) is 10.7. The highest BCUT2D eigenvalue weighted by atomic mass is 79.9. The minimum absolute atomic E-state index is 0.0115. The molecule has 31 heavy (non-hydrogen) atoms. The van der Waals surface area contributed by atoms with Crippen molar-refractivity contribution in [2.24, 2.45) is 7.05 Å². The van der Waals surface area contributed by atoms with Crippen molar-refractivity contribution in [2.45, 2.75) is 39.2 Å². The summed E-state index contributed by atoms with van der Waals surface area (Å²) >= 11 is 3.59. The molecule has 0 radical (unpaired) electrons. The maximum absolute atomic E-state index is 13.3. The van der Waals surface area contributed by atoms with Crippen molar-refractivity contribution in [1.82, 2.24) is 20.4 Å². The lowest BCUT2D eigenvalue weighted by molar-refractivity contribution is 0.0923. The molecule has 2 N–H and O–H groups in total. The average Bonchev–Trinajstić information content (AvgIpc) is 3.07. The van der Waals surface area contributed by atoms with Gasteiger partial charge in [0.15, 0.2) is 0 Å². The Morgan fingerprint density at radius 3 is 2.71 bits per heavy atom. The molecule has 4 rings (SSSR count). The van der Waals surface area contributed by atoms with Crippen molar-refractivity contribution >= 4 is 21.8 Å². The third-order valence-corrected chi connectivity index (χ3v) is 6.81. The van der Waals surface area contributed by atoms with E-state index in [1.54, 1.807) is 6.20 Å². The average molecular weight is 481 g/mol. The summed E-state index contributed by atoms with van der Waals surface area (Å²) in [7, 11) is 1.93. The van der Waals surface area contributed by atoms with Crippen molar-refractivity contribution in [3.63, 3.8) is 0 Å². The Kier molecular flexibility index (Phi) is 6.30. The van der Waals surface area contributed by atoms with Crippen molar-refractivity contribution in [3.05, 3.63) is 74.9 Å². The molecule has 1 fully saturated rings. The maximum atomic E-state index is 13.3. The van der Waals surface area contributed by atoms with E-state index < -0.39 is 0 Å². The number of benzene rings is 2. The van der Waals surface area contributed by atoms with Gasteiger partial charge in [-0.15, -0.1) is 0 Å². The van der Waals surface area contributed by atoms with Gasteiger partial charge in [0.25, 0.3) is 5.91 Å². The Morgan fingerprint density at radius 1 is 1.19 bits per heavy atom. The van der Waals surface area contributed by atoms with E-state index in [0.29, 0.717) is 5.92 Å². The zero-order valence-electron chi connectivity index (χ0n) is 18.5. The molecule has 0 bridgehead atoms. The summed E-state index contributed by atoms with van der Waals surface area (Å²) in [6.45, 7) is 7.91. The quantitative estimate of drug-likeness (QED) is 0.571. The molecule has 1 aliphatic heterocycles. The van der Waals surface area contributed by atoms with Gasteiger partial charge in [-0.3, -0.25) is 9.48 Å². The Balaban J connectivity index is 1.60. The molecule has 0 unspecified atom stereocenters. The first kappa shape index (κ1) is 21.8. The molecule has 5 nitrogen and oxygen atoms in total. The van der Waals surface area contributed by atoms with Crippen LogP contribution in [0.3, 0.4) is 0 Å². The Labute approximate surface area is 192 Å². The Hall–Kier alpha value is -2.44. The fourth-order valence-corrected chi connectivity index (χ4v) is 5.15. The van der Waals surface area contributed by atoms with E-state index in [0.717, 1.165) is 51.9 Å². The third-order valence-electron chi connectivity index (χ3n) is 6.23. The van der Waals surface area contributed by atoms with Crippen molar-refractivity contribution < 1.29 is 4.79 Å². The molecule has 6 heteroatoms. The van der Waals surface area contributed by atoms with Crippen molar-refractivity contribution in [1.29, 1.82) is 0 Å². The molecular formula is C25H29BrN4O. The number of carbonyl (C=O) groups excluding carboxylic acids is 1. The topological polar surface area (TPSA) is 58.9 Å². The number of nitrogens with zero attached hydrogens (tertiary/aromatic N) is 2. The van der Waals surface area contributed by atoms with Crippen LogP contribution >= 0.6 is 15.9 Å². The molecule has 1 aliphatic rings. The summed E-state index contributed by atoms with van der Waals surface area (Å²) in [4.78, 5) is 13.3. The monoisotopic (exact) mass is 480 g/mol. The summed E-state index contributed by atoms with van der Waals surface area (Å²) in [6.07, 6.45) is 2.81. The van der Waals surface area contributed by atoms with Gasteiger partial charge in [0.2, 0.25) is 0 Å². The number of nitrogens with one attached hydrogen (secondary N) is 2. The molecule has 162 valence electrons. The molecule has 1 amide bonds. The van der Waals surface area contributed by atoms with Crippen LogP contribution in [0.2, 0.25) is 0 Å². The Bertz CT molecular complexity index is 1100. The van der Waals surface area contributed by atoms with Gasteiger partial charge in [-0.2, -0.15) is 5.10 Å². The summed E-state index contributed by atoms with van der Waals surface area (Å²) in [6, 6.07) is 12.8. The standard InChI is InChI=1S/C25H29BrN4O/c1-15-6-5-7-18(10-15)19-8-9-27-14-23(19)29-25(31)21-12-16(2)20(11-17(21)3)24-22(26)13-28-30(24)4/h5-7,10-13,19,23,27H,8-9,14H2,1-4H3,(H,29,31)/t19-,23+/m1/s1. The molecule has 1 aromatic heterocycles. The van der Waals surface area contributed by atoms with Crippen LogP contribution in [0.5, 0.6) is 0 Å². The number of amides is 1. The molecule has 0 saturated carbocycles. The zero-order valence-corrected chi connectivity index (χ0v) is 20.1. The molecule has 0 aliphatic carbocycles. The van der Waals surface area contributed by atoms with Gasteiger partial charge in [0, 0.05) is 36.7 Å². The molecule has 2 atom stereocenters. The zero-order chi connectivity index (χ0) is 22.1. The van der Waals surface area contributed by atoms with Crippen LogP contribution in [0.25, 0.3) is 11.3 Å². The largest absolute Gasteiger partial charge is 0.347 e. The van der Waals surface area contributed by atoms with Crippen molar-refractivity contribution in [3.8, 4) is 11.3 Å². The lowest BCUT2D eigenvalue weighted by Crippen LogP contribution is -2.50. The number of halogens is 1. The van der Waals surface area contributed by atoms with E-state index >= 15 is 0 Å². The van der Waals surface area contributed by atoms with Gasteiger partial charge >= 0.3 is 0 Å². The predicted octanol–water partition coefficient (Wildman–Crippen LogP) is 4.65. The number of carbonyl (C=O) groups is 1. The van der Waals surface area contributed by atoms with E-state index in [4.69, 9.17) is 0 Å². The number of rotatable bonds is 4.